The van der Waals surface area contributed by atoms with Crippen molar-refractivity contribution in [2.45, 2.75) is 77.2 Å². The van der Waals surface area contributed by atoms with E-state index < -0.39 is 5.97 Å². The van der Waals surface area contributed by atoms with Crippen LogP contribution < -0.4 is 15.0 Å². The first-order chi connectivity index (χ1) is 14.6. The summed E-state index contributed by atoms with van der Waals surface area (Å²) in [5, 5.41) is 12.3. The van der Waals surface area contributed by atoms with Gasteiger partial charge in [0.15, 0.2) is 0 Å². The maximum absolute atomic E-state index is 12.9. The van der Waals surface area contributed by atoms with Crippen molar-refractivity contribution in [1.82, 2.24) is 10.3 Å². The van der Waals surface area contributed by atoms with E-state index in [2.05, 4.69) is 17.1 Å². The van der Waals surface area contributed by atoms with Gasteiger partial charge in [-0.1, -0.05) is 32.6 Å². The second-order valence-electron chi connectivity index (χ2n) is 8.58. The summed E-state index contributed by atoms with van der Waals surface area (Å²) < 4.78 is 5.92. The monoisotopic (exact) mass is 417 g/mol. The number of aromatic nitrogens is 1. The largest absolute Gasteiger partial charge is 0.481 e. The van der Waals surface area contributed by atoms with Crippen LogP contribution in [-0.4, -0.2) is 47.7 Å². The van der Waals surface area contributed by atoms with Crippen LogP contribution in [0.2, 0.25) is 0 Å². The summed E-state index contributed by atoms with van der Waals surface area (Å²) in [5.41, 5.74) is 0.486. The molecule has 0 bridgehead atoms. The van der Waals surface area contributed by atoms with Crippen molar-refractivity contribution in [1.29, 1.82) is 0 Å². The number of carbonyl (C=O) groups excluding carboxylic acids is 1. The summed E-state index contributed by atoms with van der Waals surface area (Å²) >= 11 is 0. The highest BCUT2D eigenvalue weighted by Gasteiger charge is 2.25. The number of pyridine rings is 1. The predicted molar refractivity (Wildman–Crippen MR) is 116 cm³/mol. The van der Waals surface area contributed by atoms with Gasteiger partial charge in [-0.25, -0.2) is 0 Å². The molecular weight excluding hydrogens is 382 g/mol. The highest BCUT2D eigenvalue weighted by atomic mass is 16.5. The first-order valence-electron chi connectivity index (χ1n) is 11.5. The zero-order valence-corrected chi connectivity index (χ0v) is 18.1. The lowest BCUT2D eigenvalue weighted by atomic mass is 9.95. The van der Waals surface area contributed by atoms with Crippen LogP contribution in [0.3, 0.4) is 0 Å². The Balaban J connectivity index is 1.74. The van der Waals surface area contributed by atoms with Gasteiger partial charge in [-0.15, -0.1) is 0 Å². The number of carbonyl (C=O) groups is 2. The lowest BCUT2D eigenvalue weighted by molar-refractivity contribution is -0.138. The molecule has 0 aromatic carbocycles. The molecule has 2 N–H and O–H groups in total. The fourth-order valence-electron chi connectivity index (χ4n) is 4.40. The quantitative estimate of drug-likeness (QED) is 0.590. The van der Waals surface area contributed by atoms with Crippen molar-refractivity contribution >= 4 is 17.7 Å². The summed E-state index contributed by atoms with van der Waals surface area (Å²) in [6.07, 6.45) is 9.57. The van der Waals surface area contributed by atoms with Crippen molar-refractivity contribution < 1.29 is 19.4 Å². The molecule has 2 fully saturated rings. The number of ether oxygens (including phenoxy) is 1. The molecule has 3 rings (SSSR count). The van der Waals surface area contributed by atoms with E-state index in [0.29, 0.717) is 24.6 Å². The van der Waals surface area contributed by atoms with Gasteiger partial charge in [0.1, 0.15) is 11.4 Å². The third kappa shape index (κ3) is 6.34. The van der Waals surface area contributed by atoms with E-state index in [0.717, 1.165) is 63.7 Å². The highest BCUT2D eigenvalue weighted by Crippen LogP contribution is 2.28. The molecule has 2 aliphatic rings. The Morgan fingerprint density at radius 2 is 2.00 bits per heavy atom. The predicted octanol–water partition coefficient (Wildman–Crippen LogP) is 4.01. The third-order valence-electron chi connectivity index (χ3n) is 6.07. The molecule has 1 saturated heterocycles. The topological polar surface area (TPSA) is 91.8 Å². The Kier molecular flexibility index (Phi) is 8.34. The molecule has 0 unspecified atom stereocenters. The number of nitrogens with zero attached hydrogens (tertiary/aromatic N) is 2. The third-order valence-corrected chi connectivity index (χ3v) is 6.07. The van der Waals surface area contributed by atoms with Crippen LogP contribution in [0.5, 0.6) is 5.88 Å². The molecule has 1 atom stereocenters. The maximum Gasteiger partial charge on any atom is 0.303 e. The van der Waals surface area contributed by atoms with E-state index in [9.17, 15) is 9.59 Å². The van der Waals surface area contributed by atoms with Crippen molar-refractivity contribution in [3.8, 4) is 5.88 Å². The van der Waals surface area contributed by atoms with Crippen molar-refractivity contribution in [3.05, 3.63) is 17.7 Å². The average Bonchev–Trinajstić information content (AvgIpc) is 2.74. The zero-order valence-electron chi connectivity index (χ0n) is 18.1. The summed E-state index contributed by atoms with van der Waals surface area (Å²) in [6.45, 7) is 4.13. The van der Waals surface area contributed by atoms with Gasteiger partial charge in [0.25, 0.3) is 5.91 Å². The first-order valence-corrected chi connectivity index (χ1v) is 11.5. The van der Waals surface area contributed by atoms with Crippen molar-refractivity contribution in [2.75, 3.05) is 24.6 Å². The summed E-state index contributed by atoms with van der Waals surface area (Å²) in [4.78, 5) is 30.8. The number of amides is 1. The molecule has 2 heterocycles. The van der Waals surface area contributed by atoms with Crippen LogP contribution in [-0.2, 0) is 4.79 Å². The Morgan fingerprint density at radius 1 is 1.20 bits per heavy atom. The summed E-state index contributed by atoms with van der Waals surface area (Å²) in [5.74, 6) is 0.389. The van der Waals surface area contributed by atoms with Crippen LogP contribution in [0.1, 0.15) is 81.5 Å². The minimum absolute atomic E-state index is 0.116. The van der Waals surface area contributed by atoms with Gasteiger partial charge in [0.05, 0.1) is 6.61 Å². The van der Waals surface area contributed by atoms with Crippen LogP contribution >= 0.6 is 0 Å². The zero-order chi connectivity index (χ0) is 21.3. The van der Waals surface area contributed by atoms with Crippen molar-refractivity contribution in [3.63, 3.8) is 0 Å². The smallest absolute Gasteiger partial charge is 0.303 e. The van der Waals surface area contributed by atoms with E-state index >= 15 is 0 Å². The number of piperidine rings is 1. The van der Waals surface area contributed by atoms with Gasteiger partial charge in [0.2, 0.25) is 5.88 Å². The molecule has 166 valence electrons. The van der Waals surface area contributed by atoms with Gasteiger partial charge in [-0.3, -0.25) is 9.59 Å². The van der Waals surface area contributed by atoms with Crippen molar-refractivity contribution in [2.24, 2.45) is 5.92 Å². The van der Waals surface area contributed by atoms with Gasteiger partial charge in [-0.2, -0.15) is 4.98 Å². The number of nitrogens with one attached hydrogen (secondary N) is 1. The molecule has 1 aliphatic carbocycles. The minimum Gasteiger partial charge on any atom is -0.481 e. The van der Waals surface area contributed by atoms with Crippen LogP contribution in [0.4, 0.5) is 5.82 Å². The molecule has 1 aromatic heterocycles. The second kappa shape index (κ2) is 11.2. The molecule has 0 radical (unpaired) electrons. The minimum atomic E-state index is -0.756. The number of unbranched alkanes of at least 4 members (excludes halogenated alkanes) is 1. The molecule has 7 heteroatoms. The molecule has 7 nitrogen and oxygen atoms in total. The number of hydrogen-bond donors (Lipinski definition) is 2. The average molecular weight is 418 g/mol. The van der Waals surface area contributed by atoms with E-state index in [4.69, 9.17) is 14.8 Å². The van der Waals surface area contributed by atoms with Gasteiger partial charge in [0, 0.05) is 25.6 Å². The fourth-order valence-corrected chi connectivity index (χ4v) is 4.40. The lowest BCUT2D eigenvalue weighted by Crippen LogP contribution is -2.38. The highest BCUT2D eigenvalue weighted by molar-refractivity contribution is 5.96. The molecule has 1 aliphatic heterocycles. The van der Waals surface area contributed by atoms with Crippen LogP contribution in [0.15, 0.2) is 12.1 Å². The summed E-state index contributed by atoms with van der Waals surface area (Å²) in [7, 11) is 0. The molecule has 1 amide bonds. The Bertz CT molecular complexity index is 718. The Morgan fingerprint density at radius 3 is 2.73 bits per heavy atom. The lowest BCUT2D eigenvalue weighted by Gasteiger charge is -2.33. The van der Waals surface area contributed by atoms with Gasteiger partial charge < -0.3 is 20.1 Å². The van der Waals surface area contributed by atoms with E-state index in [-0.39, 0.29) is 24.3 Å². The molecule has 0 spiro atoms. The molecule has 30 heavy (non-hydrogen) atoms. The molecule has 1 saturated carbocycles. The Labute approximate surface area is 179 Å². The summed E-state index contributed by atoms with van der Waals surface area (Å²) in [6, 6.07) is 3.90. The SMILES string of the molecule is CCCCOc1nc(N2CCC[C@@H](CC(=O)O)C2)ccc1C(=O)NC1CCCCC1. The molecular formula is C23H35N3O4. The van der Waals surface area contributed by atoms with Gasteiger partial charge >= 0.3 is 5.97 Å². The van der Waals surface area contributed by atoms with Crippen LogP contribution in [0.25, 0.3) is 0 Å². The number of carboxylic acid groups (broad SMARTS) is 1. The Hall–Kier alpha value is -2.31. The standard InChI is InChI=1S/C23H35N3O4/c1-2-3-14-30-23-19(22(29)24-18-9-5-4-6-10-18)11-12-20(25-23)26-13-7-8-17(16-26)15-21(27)28/h11-12,17-18H,2-10,13-16H2,1H3,(H,24,29)(H,27,28)/t17-/m0/s1. The van der Waals surface area contributed by atoms with E-state index in [1.165, 1.54) is 6.42 Å². The first kappa shape index (κ1) is 22.4. The maximum atomic E-state index is 12.9. The number of hydrogen-bond acceptors (Lipinski definition) is 5. The number of rotatable bonds is 9. The number of carboxylic acids is 1. The van der Waals surface area contributed by atoms with E-state index in [1.54, 1.807) is 0 Å². The second-order valence-corrected chi connectivity index (χ2v) is 8.58. The van der Waals surface area contributed by atoms with Crippen LogP contribution in [0, 0.1) is 5.92 Å². The van der Waals surface area contributed by atoms with E-state index in [1.807, 2.05) is 12.1 Å². The fraction of sp³-hybridized carbons (Fsp3) is 0.696. The van der Waals surface area contributed by atoms with Gasteiger partial charge in [-0.05, 0) is 50.2 Å². The number of anilines is 1. The molecule has 1 aromatic rings. The normalized spacial score (nSPS) is 20.0. The number of aliphatic carboxylic acids is 1.